The highest BCUT2D eigenvalue weighted by Gasteiger charge is 2.52. The summed E-state index contributed by atoms with van der Waals surface area (Å²) in [5.41, 5.74) is 3.11. The normalized spacial score (nSPS) is 18.9. The molecule has 1 spiro atoms. The molecule has 2 fully saturated rings. The Morgan fingerprint density at radius 2 is 2.05 bits per heavy atom. The van der Waals surface area contributed by atoms with Gasteiger partial charge in [0.1, 0.15) is 11.6 Å². The molecule has 2 aromatic heterocycles. The second-order valence-corrected chi connectivity index (χ2v) is 6.59. The van der Waals surface area contributed by atoms with E-state index in [2.05, 4.69) is 46.6 Å². The summed E-state index contributed by atoms with van der Waals surface area (Å²) in [6, 6.07) is 4.41. The van der Waals surface area contributed by atoms with Crippen molar-refractivity contribution in [3.63, 3.8) is 0 Å². The van der Waals surface area contributed by atoms with Crippen LogP contribution in [-0.2, 0) is 13.0 Å². The molecule has 4 rings (SSSR count). The van der Waals surface area contributed by atoms with E-state index in [9.17, 15) is 0 Å². The first-order chi connectivity index (χ1) is 10.2. The van der Waals surface area contributed by atoms with Crippen molar-refractivity contribution in [2.45, 2.75) is 39.7 Å². The lowest BCUT2D eigenvalue weighted by Crippen LogP contribution is -2.48. The fourth-order valence-electron chi connectivity index (χ4n) is 3.32. The molecule has 3 heterocycles. The first-order valence-electron chi connectivity index (χ1n) is 7.91. The van der Waals surface area contributed by atoms with Crippen molar-refractivity contribution in [1.82, 2.24) is 14.5 Å². The van der Waals surface area contributed by atoms with Crippen molar-refractivity contribution >= 4 is 5.82 Å². The monoisotopic (exact) mass is 282 g/mol. The number of pyridine rings is 1. The Morgan fingerprint density at radius 3 is 2.71 bits per heavy atom. The van der Waals surface area contributed by atoms with Crippen molar-refractivity contribution in [2.24, 2.45) is 5.41 Å². The molecule has 0 radical (unpaired) electrons. The van der Waals surface area contributed by atoms with Crippen molar-refractivity contribution in [1.29, 1.82) is 0 Å². The first kappa shape index (κ1) is 12.9. The topological polar surface area (TPSA) is 34.0 Å². The van der Waals surface area contributed by atoms with Gasteiger partial charge in [0, 0.05) is 43.0 Å². The second kappa shape index (κ2) is 4.58. The maximum Gasteiger partial charge on any atom is 0.128 e. The zero-order valence-electron chi connectivity index (χ0n) is 12.8. The van der Waals surface area contributed by atoms with Crippen LogP contribution < -0.4 is 4.90 Å². The molecule has 1 aliphatic carbocycles. The molecule has 0 unspecified atom stereocenters. The molecule has 0 atom stereocenters. The number of nitrogens with zero attached hydrogens (tertiary/aromatic N) is 4. The molecule has 110 valence electrons. The first-order valence-corrected chi connectivity index (χ1v) is 7.91. The van der Waals surface area contributed by atoms with E-state index in [4.69, 9.17) is 4.98 Å². The molecule has 0 bridgehead atoms. The van der Waals surface area contributed by atoms with Gasteiger partial charge < -0.3 is 9.47 Å². The molecular formula is C17H22N4. The van der Waals surface area contributed by atoms with Gasteiger partial charge in [-0.2, -0.15) is 0 Å². The summed E-state index contributed by atoms with van der Waals surface area (Å²) in [6.07, 6.45) is 7.74. The van der Waals surface area contributed by atoms with Crippen molar-refractivity contribution in [3.8, 4) is 0 Å². The largest absolute Gasteiger partial charge is 0.355 e. The summed E-state index contributed by atoms with van der Waals surface area (Å²) in [5, 5.41) is 0. The third-order valence-corrected chi connectivity index (χ3v) is 4.97. The molecule has 4 heteroatoms. The molecule has 1 saturated heterocycles. The Balaban J connectivity index is 1.51. The molecule has 4 nitrogen and oxygen atoms in total. The van der Waals surface area contributed by atoms with Gasteiger partial charge in [-0.15, -0.1) is 0 Å². The van der Waals surface area contributed by atoms with E-state index in [-0.39, 0.29) is 0 Å². The van der Waals surface area contributed by atoms with Crippen molar-refractivity contribution in [3.05, 3.63) is 41.6 Å². The van der Waals surface area contributed by atoms with Crippen LogP contribution in [-0.4, -0.2) is 27.6 Å². The molecular weight excluding hydrogens is 260 g/mol. The van der Waals surface area contributed by atoms with Crippen LogP contribution in [0.5, 0.6) is 0 Å². The van der Waals surface area contributed by atoms with Crippen LogP contribution in [0.25, 0.3) is 0 Å². The van der Waals surface area contributed by atoms with Crippen LogP contribution in [0, 0.1) is 12.3 Å². The van der Waals surface area contributed by atoms with Gasteiger partial charge in [-0.25, -0.2) is 9.97 Å². The minimum Gasteiger partial charge on any atom is -0.355 e. The fraction of sp³-hybridized carbons (Fsp3) is 0.529. The summed E-state index contributed by atoms with van der Waals surface area (Å²) >= 11 is 0. The second-order valence-electron chi connectivity index (χ2n) is 6.59. The highest BCUT2D eigenvalue weighted by Crippen LogP contribution is 2.53. The summed E-state index contributed by atoms with van der Waals surface area (Å²) < 4.78 is 2.21. The van der Waals surface area contributed by atoms with Crippen LogP contribution in [0.2, 0.25) is 0 Å². The molecule has 0 amide bonds. The average molecular weight is 282 g/mol. The van der Waals surface area contributed by atoms with E-state index in [1.54, 1.807) is 0 Å². The highest BCUT2D eigenvalue weighted by atomic mass is 15.3. The maximum absolute atomic E-state index is 4.82. The molecule has 0 aromatic carbocycles. The number of hydrogen-bond donors (Lipinski definition) is 0. The molecule has 1 saturated carbocycles. The molecule has 2 aliphatic rings. The molecule has 2 aromatic rings. The predicted octanol–water partition coefficient (Wildman–Crippen LogP) is 2.80. The number of aromatic nitrogens is 3. The van der Waals surface area contributed by atoms with Gasteiger partial charge in [-0.1, -0.05) is 13.0 Å². The van der Waals surface area contributed by atoms with Gasteiger partial charge in [0.2, 0.25) is 0 Å². The van der Waals surface area contributed by atoms with E-state index >= 15 is 0 Å². The van der Waals surface area contributed by atoms with Crippen LogP contribution in [0.4, 0.5) is 5.82 Å². The minimum absolute atomic E-state index is 0.682. The number of imidazole rings is 1. The van der Waals surface area contributed by atoms with E-state index in [1.807, 2.05) is 6.20 Å². The van der Waals surface area contributed by atoms with Crippen LogP contribution in [0.15, 0.2) is 24.5 Å². The smallest absolute Gasteiger partial charge is 0.128 e. The molecule has 0 N–H and O–H groups in total. The van der Waals surface area contributed by atoms with Gasteiger partial charge >= 0.3 is 0 Å². The van der Waals surface area contributed by atoms with E-state index < -0.39 is 0 Å². The van der Waals surface area contributed by atoms with Crippen LogP contribution >= 0.6 is 0 Å². The standard InChI is InChI=1S/C17H22N4/c1-3-15-18-8-9-20(15)10-14-4-5-16(19-13(14)2)21-11-17(12-21)6-7-17/h4-5,8-9H,3,6-7,10-12H2,1-2H3. The van der Waals surface area contributed by atoms with Crippen molar-refractivity contribution in [2.75, 3.05) is 18.0 Å². The zero-order chi connectivity index (χ0) is 14.4. The third-order valence-electron chi connectivity index (χ3n) is 4.97. The van der Waals surface area contributed by atoms with Gasteiger partial charge in [0.25, 0.3) is 0 Å². The highest BCUT2D eigenvalue weighted by molar-refractivity contribution is 5.46. The van der Waals surface area contributed by atoms with Gasteiger partial charge in [0.05, 0.1) is 6.54 Å². The number of anilines is 1. The summed E-state index contributed by atoms with van der Waals surface area (Å²) in [7, 11) is 0. The van der Waals surface area contributed by atoms with E-state index in [1.165, 1.54) is 31.5 Å². The predicted molar refractivity (Wildman–Crippen MR) is 83.6 cm³/mol. The number of hydrogen-bond acceptors (Lipinski definition) is 3. The van der Waals surface area contributed by atoms with Crippen molar-refractivity contribution < 1.29 is 0 Å². The summed E-state index contributed by atoms with van der Waals surface area (Å²) in [6.45, 7) is 7.55. The fourth-order valence-corrected chi connectivity index (χ4v) is 3.32. The Bertz CT molecular complexity index is 661. The van der Waals surface area contributed by atoms with Crippen LogP contribution in [0.3, 0.4) is 0 Å². The molecule has 1 aliphatic heterocycles. The van der Waals surface area contributed by atoms with Gasteiger partial charge in [-0.05, 0) is 31.4 Å². The third kappa shape index (κ3) is 2.23. The Labute approximate surface area is 125 Å². The minimum atomic E-state index is 0.682. The SMILES string of the molecule is CCc1nccn1Cc1ccc(N2CC3(CC3)C2)nc1C. The summed E-state index contributed by atoms with van der Waals surface area (Å²) in [5.74, 6) is 2.28. The lowest BCUT2D eigenvalue weighted by atomic mass is 9.97. The molecule has 21 heavy (non-hydrogen) atoms. The number of rotatable bonds is 4. The van der Waals surface area contributed by atoms with Gasteiger partial charge in [0.15, 0.2) is 0 Å². The Morgan fingerprint density at radius 1 is 1.24 bits per heavy atom. The van der Waals surface area contributed by atoms with E-state index in [0.29, 0.717) is 5.41 Å². The lowest BCUT2D eigenvalue weighted by Gasteiger charge is -2.41. The van der Waals surface area contributed by atoms with Crippen LogP contribution in [0.1, 0.15) is 36.8 Å². The summed E-state index contributed by atoms with van der Waals surface area (Å²) in [4.78, 5) is 11.6. The quantitative estimate of drug-likeness (QED) is 0.864. The van der Waals surface area contributed by atoms with E-state index in [0.717, 1.165) is 30.3 Å². The zero-order valence-corrected chi connectivity index (χ0v) is 12.8. The van der Waals surface area contributed by atoms with Gasteiger partial charge in [-0.3, -0.25) is 0 Å². The Kier molecular flexibility index (Phi) is 2.81. The Hall–Kier alpha value is -1.84. The number of aryl methyl sites for hydroxylation is 2. The maximum atomic E-state index is 4.82. The lowest BCUT2D eigenvalue weighted by molar-refractivity contribution is 0.384. The average Bonchev–Trinajstić information content (AvgIpc) is 3.13.